The van der Waals surface area contributed by atoms with Crippen LogP contribution in [0.2, 0.25) is 0 Å². The van der Waals surface area contributed by atoms with E-state index >= 15 is 0 Å². The largest absolute Gasteiger partial charge is 0.352 e. The minimum atomic E-state index is 0.272. The molecule has 2 nitrogen and oxygen atoms in total. The lowest BCUT2D eigenvalue weighted by Gasteiger charge is -2.40. The lowest BCUT2D eigenvalue weighted by molar-refractivity contribution is 0.608. The molecular weight excluding hydrogens is 436 g/mol. The van der Waals surface area contributed by atoms with Crippen LogP contribution >= 0.6 is 0 Å². The van der Waals surface area contributed by atoms with Gasteiger partial charge in [-0.2, -0.15) is 0 Å². The lowest BCUT2D eigenvalue weighted by Crippen LogP contribution is -2.47. The van der Waals surface area contributed by atoms with Gasteiger partial charge >= 0.3 is 0 Å². The smallest absolute Gasteiger partial charge is 0.0986 e. The highest BCUT2D eigenvalue weighted by atomic mass is 15.3. The Morgan fingerprint density at radius 1 is 0.611 bits per heavy atom. The number of benzene rings is 4. The van der Waals surface area contributed by atoms with Crippen LogP contribution in [0.15, 0.2) is 121 Å². The molecule has 0 spiro atoms. The summed E-state index contributed by atoms with van der Waals surface area (Å²) < 4.78 is 0. The molecule has 4 aliphatic heterocycles. The minimum Gasteiger partial charge on any atom is -0.352 e. The van der Waals surface area contributed by atoms with Crippen molar-refractivity contribution in [2.75, 3.05) is 22.9 Å². The van der Waals surface area contributed by atoms with E-state index in [1.807, 2.05) is 0 Å². The van der Waals surface area contributed by atoms with Gasteiger partial charge in [-0.15, -0.1) is 0 Å². The average Bonchev–Trinajstić information content (AvgIpc) is 2.93. The lowest BCUT2D eigenvalue weighted by atomic mass is 9.93. The Labute approximate surface area is 215 Å². The van der Waals surface area contributed by atoms with Gasteiger partial charge in [-0.25, -0.2) is 0 Å². The zero-order valence-corrected chi connectivity index (χ0v) is 21.4. The first-order chi connectivity index (χ1) is 17.7. The molecule has 4 aromatic rings. The van der Waals surface area contributed by atoms with E-state index in [1.165, 1.54) is 44.8 Å². The van der Waals surface area contributed by atoms with Crippen LogP contribution in [0.3, 0.4) is 0 Å². The van der Waals surface area contributed by atoms with Crippen molar-refractivity contribution in [2.24, 2.45) is 0 Å². The molecule has 4 bridgehead atoms. The van der Waals surface area contributed by atoms with Gasteiger partial charge in [0.1, 0.15) is 0 Å². The second-order valence-electron chi connectivity index (χ2n) is 9.19. The van der Waals surface area contributed by atoms with Gasteiger partial charge in [-0.05, 0) is 78.4 Å². The van der Waals surface area contributed by atoms with Crippen LogP contribution in [0, 0.1) is 0 Å². The number of hydrogen-bond acceptors (Lipinski definition) is 2. The first-order valence-electron chi connectivity index (χ1n) is 13.0. The molecule has 0 atom stereocenters. The van der Waals surface area contributed by atoms with Gasteiger partial charge in [0.2, 0.25) is 0 Å². The summed E-state index contributed by atoms with van der Waals surface area (Å²) in [5, 5.41) is 0. The van der Waals surface area contributed by atoms with Crippen molar-refractivity contribution in [3.63, 3.8) is 0 Å². The summed E-state index contributed by atoms with van der Waals surface area (Å²) in [5.41, 5.74) is 9.82. The molecule has 0 saturated carbocycles. The van der Waals surface area contributed by atoms with Gasteiger partial charge < -0.3 is 9.80 Å². The predicted molar refractivity (Wildman–Crippen MR) is 155 cm³/mol. The van der Waals surface area contributed by atoms with Crippen molar-refractivity contribution in [1.29, 1.82) is 0 Å². The summed E-state index contributed by atoms with van der Waals surface area (Å²) in [7, 11) is 0. The number of allylic oxidation sites excluding steroid dienone is 2. The molecule has 0 aliphatic carbocycles. The molecule has 0 N–H and O–H groups in total. The van der Waals surface area contributed by atoms with E-state index in [-0.39, 0.29) is 6.17 Å². The Hall–Kier alpha value is -4.04. The molecule has 2 heteroatoms. The van der Waals surface area contributed by atoms with E-state index < -0.39 is 0 Å². The maximum atomic E-state index is 2.47. The van der Waals surface area contributed by atoms with Gasteiger partial charge in [0, 0.05) is 24.5 Å². The van der Waals surface area contributed by atoms with Crippen LogP contribution in [0.25, 0.3) is 11.1 Å². The summed E-state index contributed by atoms with van der Waals surface area (Å²) in [5.74, 6) is 0. The van der Waals surface area contributed by atoms with Crippen molar-refractivity contribution in [1.82, 2.24) is 0 Å². The molecule has 4 heterocycles. The summed E-state index contributed by atoms with van der Waals surface area (Å²) in [6.07, 6.45) is 4.82. The Kier molecular flexibility index (Phi) is 7.04. The fourth-order valence-corrected chi connectivity index (χ4v) is 5.28. The van der Waals surface area contributed by atoms with E-state index in [9.17, 15) is 0 Å². The Morgan fingerprint density at radius 2 is 1.03 bits per heavy atom. The summed E-state index contributed by atoms with van der Waals surface area (Å²) in [6.45, 7) is 8.68. The molecule has 0 aromatic heterocycles. The molecule has 0 fully saturated rings. The maximum absolute atomic E-state index is 2.47. The topological polar surface area (TPSA) is 6.48 Å². The summed E-state index contributed by atoms with van der Waals surface area (Å²) >= 11 is 0. The zero-order chi connectivity index (χ0) is 24.9. The maximum Gasteiger partial charge on any atom is 0.0986 e. The highest BCUT2D eigenvalue weighted by Gasteiger charge is 2.21. The first-order valence-corrected chi connectivity index (χ1v) is 13.0. The normalized spacial score (nSPS) is 14.9. The quantitative estimate of drug-likeness (QED) is 0.290. The molecule has 0 radical (unpaired) electrons. The fraction of sp³-hybridized carbons (Fsp3) is 0.176. The average molecular weight is 471 g/mol. The van der Waals surface area contributed by atoms with E-state index in [0.717, 1.165) is 13.1 Å². The minimum absolute atomic E-state index is 0.272. The molecule has 8 rings (SSSR count). The number of rotatable bonds is 5. The zero-order valence-electron chi connectivity index (χ0n) is 21.4. The number of anilines is 2. The third kappa shape index (κ3) is 4.72. The molecule has 0 unspecified atom stereocenters. The molecule has 4 aliphatic rings. The van der Waals surface area contributed by atoms with Gasteiger partial charge in [0.25, 0.3) is 0 Å². The molecule has 0 amide bonds. The van der Waals surface area contributed by atoms with Gasteiger partial charge in [-0.1, -0.05) is 97.1 Å². The predicted octanol–water partition coefficient (Wildman–Crippen LogP) is 8.26. The third-order valence-corrected chi connectivity index (χ3v) is 7.19. The SMILES string of the molecule is CCN1c2ccc(cc2)C(=CC=C(c2ccccc2)c2ccccc2)c2ccc(cc2)N(CC)C1C. The van der Waals surface area contributed by atoms with Crippen LogP contribution in [-0.2, 0) is 0 Å². The molecule has 4 aromatic carbocycles. The van der Waals surface area contributed by atoms with Crippen LogP contribution in [-0.4, -0.2) is 19.3 Å². The highest BCUT2D eigenvalue weighted by Crippen LogP contribution is 2.32. The monoisotopic (exact) mass is 470 g/mol. The van der Waals surface area contributed by atoms with E-state index in [2.05, 4.69) is 152 Å². The van der Waals surface area contributed by atoms with Crippen LogP contribution < -0.4 is 9.80 Å². The Balaban J connectivity index is 1.68. The number of hydrogen-bond donors (Lipinski definition) is 0. The van der Waals surface area contributed by atoms with Crippen molar-refractivity contribution in [2.45, 2.75) is 26.9 Å². The standard InChI is InChI=1S/C34H34N2/c1-4-35-26(3)36(5-2)32-22-18-30(19-23-32)34(29-16-20-31(35)21-17-29)25-24-33(27-12-8-6-9-13-27)28-14-10-7-11-15-28/h6-26H,4-5H2,1-3H3. The summed E-state index contributed by atoms with van der Waals surface area (Å²) in [6, 6.07) is 39.4. The van der Waals surface area contributed by atoms with Crippen LogP contribution in [0.4, 0.5) is 11.4 Å². The number of nitrogens with zero attached hydrogens (tertiary/aromatic N) is 2. The summed E-state index contributed by atoms with van der Waals surface area (Å²) in [4.78, 5) is 4.93. The van der Waals surface area contributed by atoms with E-state index in [4.69, 9.17) is 0 Å². The second-order valence-corrected chi connectivity index (χ2v) is 9.19. The molecular formula is C34H34N2. The molecule has 0 saturated heterocycles. The van der Waals surface area contributed by atoms with E-state index in [0.29, 0.717) is 0 Å². The van der Waals surface area contributed by atoms with E-state index in [1.54, 1.807) is 0 Å². The third-order valence-electron chi connectivity index (χ3n) is 7.19. The van der Waals surface area contributed by atoms with Crippen molar-refractivity contribution in [3.8, 4) is 0 Å². The van der Waals surface area contributed by atoms with Gasteiger partial charge in [-0.3, -0.25) is 0 Å². The molecule has 180 valence electrons. The van der Waals surface area contributed by atoms with Crippen molar-refractivity contribution < 1.29 is 0 Å². The first kappa shape index (κ1) is 23.7. The Morgan fingerprint density at radius 3 is 1.42 bits per heavy atom. The Bertz CT molecular complexity index is 1240. The van der Waals surface area contributed by atoms with Crippen molar-refractivity contribution >= 4 is 22.5 Å². The second kappa shape index (κ2) is 10.7. The fourth-order valence-electron chi connectivity index (χ4n) is 5.28. The van der Waals surface area contributed by atoms with Crippen LogP contribution in [0.1, 0.15) is 43.0 Å². The van der Waals surface area contributed by atoms with Gasteiger partial charge in [0.15, 0.2) is 0 Å². The van der Waals surface area contributed by atoms with Gasteiger partial charge in [0.05, 0.1) is 6.17 Å². The van der Waals surface area contributed by atoms with Crippen LogP contribution in [0.5, 0.6) is 0 Å². The highest BCUT2D eigenvalue weighted by molar-refractivity contribution is 5.87. The van der Waals surface area contributed by atoms with Crippen molar-refractivity contribution in [3.05, 3.63) is 144 Å². The molecule has 36 heavy (non-hydrogen) atoms.